The fraction of sp³-hybridized carbons (Fsp3) is 0.333. The Kier molecular flexibility index (Phi) is 4.99. The summed E-state index contributed by atoms with van der Waals surface area (Å²) in [5.74, 6) is -0.124. The molecule has 1 amide bonds. The minimum Gasteiger partial charge on any atom is -0.352 e. The number of hydrogen-bond donors (Lipinski definition) is 1. The molecule has 4 heteroatoms. The van der Waals surface area contributed by atoms with Crippen molar-refractivity contribution in [3.8, 4) is 0 Å². The lowest BCUT2D eigenvalue weighted by molar-refractivity contribution is 0.0954. The molecule has 0 aromatic carbocycles. The second-order valence-electron chi connectivity index (χ2n) is 3.36. The molecule has 1 N–H and O–H groups in total. The maximum atomic E-state index is 11.7. The predicted molar refractivity (Wildman–Crippen MR) is 65.8 cm³/mol. The van der Waals surface area contributed by atoms with Crippen LogP contribution in [0.15, 0.2) is 24.8 Å². The third kappa shape index (κ3) is 3.66. The van der Waals surface area contributed by atoms with Crippen LogP contribution in [0.4, 0.5) is 0 Å². The molecule has 1 rings (SSSR count). The van der Waals surface area contributed by atoms with Gasteiger partial charge in [0.1, 0.15) is 5.15 Å². The van der Waals surface area contributed by atoms with Gasteiger partial charge in [0, 0.05) is 17.8 Å². The Balaban J connectivity index is 2.74. The van der Waals surface area contributed by atoms with Crippen LogP contribution in [0.25, 0.3) is 0 Å². The van der Waals surface area contributed by atoms with Crippen LogP contribution in [-0.2, 0) is 6.42 Å². The van der Waals surface area contributed by atoms with Crippen LogP contribution in [0.2, 0.25) is 5.15 Å². The van der Waals surface area contributed by atoms with Gasteiger partial charge in [-0.05, 0) is 25.0 Å². The van der Waals surface area contributed by atoms with Gasteiger partial charge in [0.2, 0.25) is 0 Å². The lowest BCUT2D eigenvalue weighted by atomic mass is 10.2. The number of nitrogens with one attached hydrogen (secondary N) is 1. The number of nitrogens with zero attached hydrogens (tertiary/aromatic N) is 1. The van der Waals surface area contributed by atoms with E-state index < -0.39 is 0 Å². The average Bonchev–Trinajstić information content (AvgIpc) is 2.28. The first kappa shape index (κ1) is 12.7. The quantitative estimate of drug-likeness (QED) is 0.487. The summed E-state index contributed by atoms with van der Waals surface area (Å²) in [6.07, 6.45) is 3.27. The minimum atomic E-state index is -0.124. The summed E-state index contributed by atoms with van der Waals surface area (Å²) < 4.78 is 0. The molecule has 3 nitrogen and oxygen atoms in total. The molecule has 0 radical (unpaired) electrons. The lowest BCUT2D eigenvalue weighted by Gasteiger charge is -2.05. The average molecular weight is 239 g/mol. The fourth-order valence-corrected chi connectivity index (χ4v) is 1.48. The highest BCUT2D eigenvalue weighted by Crippen LogP contribution is 2.11. The van der Waals surface area contributed by atoms with Gasteiger partial charge in [0.15, 0.2) is 0 Å². The first-order valence-corrected chi connectivity index (χ1v) is 5.60. The topological polar surface area (TPSA) is 42.0 Å². The maximum Gasteiger partial charge on any atom is 0.251 e. The Morgan fingerprint density at radius 2 is 2.38 bits per heavy atom. The minimum absolute atomic E-state index is 0.124. The number of pyridine rings is 1. The SMILES string of the molecule is C=CCCNC(=O)c1cc(Cl)nc(CC)c1. The van der Waals surface area contributed by atoms with E-state index in [4.69, 9.17) is 11.6 Å². The second kappa shape index (κ2) is 6.28. The van der Waals surface area contributed by atoms with Crippen molar-refractivity contribution in [2.45, 2.75) is 19.8 Å². The van der Waals surface area contributed by atoms with Crippen molar-refractivity contribution in [3.63, 3.8) is 0 Å². The van der Waals surface area contributed by atoms with Gasteiger partial charge < -0.3 is 5.32 Å². The summed E-state index contributed by atoms with van der Waals surface area (Å²) in [6.45, 7) is 6.15. The van der Waals surface area contributed by atoms with Gasteiger partial charge in [0.05, 0.1) is 0 Å². The van der Waals surface area contributed by atoms with E-state index in [1.165, 1.54) is 0 Å². The van der Waals surface area contributed by atoms with Gasteiger partial charge in [0.25, 0.3) is 5.91 Å². The summed E-state index contributed by atoms with van der Waals surface area (Å²) in [5, 5.41) is 3.14. The number of rotatable bonds is 5. The Morgan fingerprint density at radius 3 is 3.00 bits per heavy atom. The number of carbonyl (C=O) groups is 1. The summed E-state index contributed by atoms with van der Waals surface area (Å²) in [5.41, 5.74) is 1.38. The molecule has 0 bridgehead atoms. The fourth-order valence-electron chi connectivity index (χ4n) is 1.25. The van der Waals surface area contributed by atoms with Crippen molar-refractivity contribution in [2.75, 3.05) is 6.54 Å². The van der Waals surface area contributed by atoms with E-state index in [0.717, 1.165) is 18.5 Å². The highest BCUT2D eigenvalue weighted by Gasteiger charge is 2.07. The lowest BCUT2D eigenvalue weighted by Crippen LogP contribution is -2.24. The zero-order valence-corrected chi connectivity index (χ0v) is 10.0. The molecular formula is C12H15ClN2O. The Labute approximate surface area is 101 Å². The molecular weight excluding hydrogens is 224 g/mol. The molecule has 0 aliphatic rings. The van der Waals surface area contributed by atoms with Crippen molar-refractivity contribution in [2.24, 2.45) is 0 Å². The summed E-state index contributed by atoms with van der Waals surface area (Å²) in [4.78, 5) is 15.8. The number of carbonyl (C=O) groups excluding carboxylic acids is 1. The predicted octanol–water partition coefficient (Wildman–Crippen LogP) is 2.60. The molecule has 0 fully saturated rings. The van der Waals surface area contributed by atoms with Crippen LogP contribution >= 0.6 is 11.6 Å². The third-order valence-corrected chi connectivity index (χ3v) is 2.30. The summed E-state index contributed by atoms with van der Waals surface area (Å²) >= 11 is 5.83. The second-order valence-corrected chi connectivity index (χ2v) is 3.74. The van der Waals surface area contributed by atoms with E-state index in [-0.39, 0.29) is 5.91 Å². The van der Waals surface area contributed by atoms with E-state index in [2.05, 4.69) is 16.9 Å². The van der Waals surface area contributed by atoms with Crippen molar-refractivity contribution < 1.29 is 4.79 Å². The number of amides is 1. The Morgan fingerprint density at radius 1 is 1.62 bits per heavy atom. The van der Waals surface area contributed by atoms with Crippen molar-refractivity contribution >= 4 is 17.5 Å². The molecule has 0 atom stereocenters. The molecule has 0 saturated heterocycles. The molecule has 1 aromatic rings. The highest BCUT2D eigenvalue weighted by atomic mass is 35.5. The number of aromatic nitrogens is 1. The normalized spacial score (nSPS) is 9.88. The highest BCUT2D eigenvalue weighted by molar-refractivity contribution is 6.29. The van der Waals surface area contributed by atoms with E-state index in [0.29, 0.717) is 17.3 Å². The zero-order valence-electron chi connectivity index (χ0n) is 9.29. The van der Waals surface area contributed by atoms with Crippen LogP contribution in [0.1, 0.15) is 29.4 Å². The van der Waals surface area contributed by atoms with Gasteiger partial charge in [-0.25, -0.2) is 4.98 Å². The van der Waals surface area contributed by atoms with E-state index in [1.54, 1.807) is 18.2 Å². The van der Waals surface area contributed by atoms with Crippen LogP contribution in [-0.4, -0.2) is 17.4 Å². The largest absolute Gasteiger partial charge is 0.352 e. The third-order valence-electron chi connectivity index (χ3n) is 2.11. The van der Waals surface area contributed by atoms with E-state index >= 15 is 0 Å². The van der Waals surface area contributed by atoms with Gasteiger partial charge >= 0.3 is 0 Å². The molecule has 1 aromatic heterocycles. The van der Waals surface area contributed by atoms with Gasteiger partial charge in [-0.3, -0.25) is 4.79 Å². The van der Waals surface area contributed by atoms with Crippen LogP contribution < -0.4 is 5.32 Å². The molecule has 0 saturated carbocycles. The summed E-state index contributed by atoms with van der Waals surface area (Å²) in [6, 6.07) is 3.33. The molecule has 16 heavy (non-hydrogen) atoms. The first-order valence-electron chi connectivity index (χ1n) is 5.23. The molecule has 0 aliphatic carbocycles. The molecule has 0 aliphatic heterocycles. The standard InChI is InChI=1S/C12H15ClN2O/c1-3-5-6-14-12(16)9-7-10(4-2)15-11(13)8-9/h3,7-8H,1,4-6H2,2H3,(H,14,16). The summed E-state index contributed by atoms with van der Waals surface area (Å²) in [7, 11) is 0. The maximum absolute atomic E-state index is 11.7. The van der Waals surface area contributed by atoms with Gasteiger partial charge in [-0.1, -0.05) is 24.6 Å². The zero-order chi connectivity index (χ0) is 12.0. The van der Waals surface area contributed by atoms with Crippen molar-refractivity contribution in [3.05, 3.63) is 41.2 Å². The molecule has 0 unspecified atom stereocenters. The number of halogens is 1. The van der Waals surface area contributed by atoms with Crippen molar-refractivity contribution in [1.82, 2.24) is 10.3 Å². The molecule has 86 valence electrons. The smallest absolute Gasteiger partial charge is 0.251 e. The monoisotopic (exact) mass is 238 g/mol. The first-order chi connectivity index (χ1) is 7.67. The van der Waals surface area contributed by atoms with Gasteiger partial charge in [-0.15, -0.1) is 6.58 Å². The molecule has 0 spiro atoms. The van der Waals surface area contributed by atoms with E-state index in [9.17, 15) is 4.79 Å². The Hall–Kier alpha value is -1.35. The van der Waals surface area contributed by atoms with Crippen molar-refractivity contribution in [1.29, 1.82) is 0 Å². The Bertz CT molecular complexity index is 391. The molecule has 1 heterocycles. The van der Waals surface area contributed by atoms with Crippen LogP contribution in [0.3, 0.4) is 0 Å². The van der Waals surface area contributed by atoms with Gasteiger partial charge in [-0.2, -0.15) is 0 Å². The number of aryl methyl sites for hydroxylation is 1. The van der Waals surface area contributed by atoms with Crippen LogP contribution in [0, 0.1) is 0 Å². The van der Waals surface area contributed by atoms with Crippen LogP contribution in [0.5, 0.6) is 0 Å². The number of hydrogen-bond acceptors (Lipinski definition) is 2. The van der Waals surface area contributed by atoms with E-state index in [1.807, 2.05) is 6.92 Å².